The van der Waals surface area contributed by atoms with E-state index >= 15 is 0 Å². The maximum Gasteiger partial charge on any atom is 0.344 e. The molecule has 4 rings (SSSR count). The second kappa shape index (κ2) is 8.16. The minimum absolute atomic E-state index is 0.157. The normalized spacial score (nSPS) is 23.4. The summed E-state index contributed by atoms with van der Waals surface area (Å²) >= 11 is 6.31. The van der Waals surface area contributed by atoms with Crippen molar-refractivity contribution in [2.45, 2.75) is 25.4 Å². The summed E-state index contributed by atoms with van der Waals surface area (Å²) in [5, 5.41) is 7.42. The molecule has 1 saturated carbocycles. The molecule has 7 nitrogen and oxygen atoms in total. The van der Waals surface area contributed by atoms with Gasteiger partial charge in [-0.3, -0.25) is 9.69 Å². The van der Waals surface area contributed by atoms with Crippen LogP contribution < -0.4 is 5.32 Å². The number of carbonyl (C=O) groups is 2. The van der Waals surface area contributed by atoms with Crippen molar-refractivity contribution in [1.82, 2.24) is 24.9 Å². The number of amides is 2. The molecule has 1 saturated heterocycles. The van der Waals surface area contributed by atoms with Crippen LogP contribution in [0.15, 0.2) is 36.7 Å². The zero-order chi connectivity index (χ0) is 20.5. The Kier molecular flexibility index (Phi) is 5.61. The molecule has 0 spiro atoms. The van der Waals surface area contributed by atoms with Gasteiger partial charge in [-0.25, -0.2) is 4.79 Å². The Bertz CT molecular complexity index is 900. The molecular weight excluding hydrogens is 390 g/mol. The Balaban J connectivity index is 1.34. The molecule has 0 bridgehead atoms. The van der Waals surface area contributed by atoms with Crippen molar-refractivity contribution in [1.29, 1.82) is 0 Å². The van der Waals surface area contributed by atoms with E-state index in [-0.39, 0.29) is 11.9 Å². The van der Waals surface area contributed by atoms with E-state index in [1.165, 1.54) is 17.1 Å². The Hall–Kier alpha value is -2.38. The quantitative estimate of drug-likeness (QED) is 0.833. The summed E-state index contributed by atoms with van der Waals surface area (Å²) in [6.45, 7) is 2.33. The van der Waals surface area contributed by atoms with Crippen LogP contribution in [0.1, 0.15) is 28.8 Å². The zero-order valence-electron chi connectivity index (χ0n) is 16.7. The highest BCUT2D eigenvalue weighted by Gasteiger charge is 2.43. The Labute approximate surface area is 175 Å². The number of hydrogen-bond acceptors (Lipinski definition) is 4. The molecule has 1 aliphatic carbocycles. The summed E-state index contributed by atoms with van der Waals surface area (Å²) < 4.78 is 1.27. The van der Waals surface area contributed by atoms with Gasteiger partial charge in [-0.05, 0) is 43.4 Å². The third-order valence-corrected chi connectivity index (χ3v) is 6.63. The van der Waals surface area contributed by atoms with E-state index in [1.807, 2.05) is 23.1 Å². The van der Waals surface area contributed by atoms with Gasteiger partial charge in [-0.2, -0.15) is 9.78 Å². The van der Waals surface area contributed by atoms with Crippen LogP contribution in [0.5, 0.6) is 0 Å². The molecule has 2 heterocycles. The van der Waals surface area contributed by atoms with Gasteiger partial charge in [0.25, 0.3) is 5.91 Å². The number of halogens is 1. The van der Waals surface area contributed by atoms with Crippen molar-refractivity contribution >= 4 is 23.5 Å². The molecule has 0 radical (unpaired) electrons. The second-order valence-electron chi connectivity index (χ2n) is 8.09. The standard InChI is InChI=1S/C21H26ClN5O2/c1-23-20(28)17-9-24-27(13-17)21(29)26-11-15-7-18(8-16(15)12-26)25(2)10-14-5-3-4-6-19(14)22/h3-6,9,13,15-16,18H,7-8,10-12H2,1-2H3,(H,23,28). The predicted octanol–water partition coefficient (Wildman–Crippen LogP) is 2.71. The first-order chi connectivity index (χ1) is 14.0. The molecule has 2 atom stereocenters. The lowest BCUT2D eigenvalue weighted by Crippen LogP contribution is -2.36. The van der Waals surface area contributed by atoms with Crippen molar-refractivity contribution < 1.29 is 9.59 Å². The number of nitrogens with zero attached hydrogens (tertiary/aromatic N) is 4. The Morgan fingerprint density at radius 3 is 2.59 bits per heavy atom. The van der Waals surface area contributed by atoms with Gasteiger partial charge < -0.3 is 10.2 Å². The van der Waals surface area contributed by atoms with E-state index in [0.717, 1.165) is 43.1 Å². The first kappa shape index (κ1) is 19.9. The summed E-state index contributed by atoms with van der Waals surface area (Å²) in [4.78, 5) is 28.7. The van der Waals surface area contributed by atoms with Crippen LogP contribution >= 0.6 is 11.6 Å². The summed E-state index contributed by atoms with van der Waals surface area (Å²) in [5.41, 5.74) is 1.54. The highest BCUT2D eigenvalue weighted by atomic mass is 35.5. The Morgan fingerprint density at radius 2 is 1.93 bits per heavy atom. The number of benzene rings is 1. The van der Waals surface area contributed by atoms with Gasteiger partial charge in [-0.15, -0.1) is 0 Å². The number of nitrogens with one attached hydrogen (secondary N) is 1. The molecule has 154 valence electrons. The van der Waals surface area contributed by atoms with Gasteiger partial charge in [0, 0.05) is 43.9 Å². The van der Waals surface area contributed by atoms with Crippen molar-refractivity contribution in [2.24, 2.45) is 11.8 Å². The molecule has 29 heavy (non-hydrogen) atoms. The van der Waals surface area contributed by atoms with E-state index in [9.17, 15) is 9.59 Å². The van der Waals surface area contributed by atoms with Crippen molar-refractivity contribution in [3.05, 3.63) is 52.8 Å². The molecular formula is C21H26ClN5O2. The highest BCUT2D eigenvalue weighted by Crippen LogP contribution is 2.40. The number of carbonyl (C=O) groups excluding carboxylic acids is 2. The van der Waals surface area contributed by atoms with Gasteiger partial charge in [0.15, 0.2) is 0 Å². The van der Waals surface area contributed by atoms with E-state index in [1.54, 1.807) is 7.05 Å². The third kappa shape index (κ3) is 4.02. The average molecular weight is 416 g/mol. The van der Waals surface area contributed by atoms with E-state index in [0.29, 0.717) is 23.4 Å². The molecule has 1 aliphatic heterocycles. The molecule has 2 unspecified atom stereocenters. The van der Waals surface area contributed by atoms with Crippen LogP contribution in [-0.4, -0.2) is 64.7 Å². The van der Waals surface area contributed by atoms with Crippen LogP contribution in [0, 0.1) is 11.8 Å². The molecule has 2 amide bonds. The van der Waals surface area contributed by atoms with Gasteiger partial charge in [0.05, 0.1) is 11.8 Å². The number of hydrogen-bond donors (Lipinski definition) is 1. The Morgan fingerprint density at radius 1 is 1.24 bits per heavy atom. The SMILES string of the molecule is CNC(=O)c1cnn(C(=O)N2CC3CC(N(C)Cc4ccccc4Cl)CC3C2)c1. The van der Waals surface area contributed by atoms with Crippen LogP contribution in [0.2, 0.25) is 5.02 Å². The fraction of sp³-hybridized carbons (Fsp3) is 0.476. The molecule has 2 aliphatic rings. The highest BCUT2D eigenvalue weighted by molar-refractivity contribution is 6.31. The van der Waals surface area contributed by atoms with Crippen LogP contribution in [-0.2, 0) is 6.54 Å². The average Bonchev–Trinajstić information content (AvgIpc) is 3.43. The minimum atomic E-state index is -0.244. The largest absolute Gasteiger partial charge is 0.355 e. The molecule has 1 N–H and O–H groups in total. The van der Waals surface area contributed by atoms with Gasteiger partial charge in [-0.1, -0.05) is 29.8 Å². The lowest BCUT2D eigenvalue weighted by Gasteiger charge is -2.26. The topological polar surface area (TPSA) is 70.5 Å². The smallest absolute Gasteiger partial charge is 0.344 e. The first-order valence-corrected chi connectivity index (χ1v) is 10.3. The fourth-order valence-electron chi connectivity index (χ4n) is 4.64. The third-order valence-electron chi connectivity index (χ3n) is 6.27. The van der Waals surface area contributed by atoms with Gasteiger partial charge in [0.2, 0.25) is 0 Å². The van der Waals surface area contributed by atoms with Crippen LogP contribution in [0.4, 0.5) is 4.79 Å². The molecule has 8 heteroatoms. The van der Waals surface area contributed by atoms with Gasteiger partial charge in [0.1, 0.15) is 0 Å². The maximum atomic E-state index is 12.8. The van der Waals surface area contributed by atoms with Gasteiger partial charge >= 0.3 is 6.03 Å². The number of aromatic nitrogens is 2. The van der Waals surface area contributed by atoms with Crippen molar-refractivity contribution in [3.63, 3.8) is 0 Å². The van der Waals surface area contributed by atoms with Crippen molar-refractivity contribution in [3.8, 4) is 0 Å². The van der Waals surface area contributed by atoms with E-state index in [4.69, 9.17) is 11.6 Å². The molecule has 1 aromatic heterocycles. The fourth-order valence-corrected chi connectivity index (χ4v) is 4.84. The molecule has 2 fully saturated rings. The first-order valence-electron chi connectivity index (χ1n) is 9.96. The maximum absolute atomic E-state index is 12.8. The number of rotatable bonds is 4. The summed E-state index contributed by atoms with van der Waals surface area (Å²) in [7, 11) is 3.71. The minimum Gasteiger partial charge on any atom is -0.355 e. The molecule has 1 aromatic carbocycles. The van der Waals surface area contributed by atoms with E-state index in [2.05, 4.69) is 28.4 Å². The monoisotopic (exact) mass is 415 g/mol. The van der Waals surface area contributed by atoms with E-state index < -0.39 is 0 Å². The lowest BCUT2D eigenvalue weighted by atomic mass is 10.0. The van der Waals surface area contributed by atoms with Crippen LogP contribution in [0.25, 0.3) is 0 Å². The summed E-state index contributed by atoms with van der Waals surface area (Å²) in [6, 6.07) is 8.33. The number of likely N-dealkylation sites (tertiary alicyclic amines) is 1. The summed E-state index contributed by atoms with van der Waals surface area (Å²) in [5.74, 6) is 0.768. The number of fused-ring (bicyclic) bond motifs is 1. The molecule has 2 aromatic rings. The zero-order valence-corrected chi connectivity index (χ0v) is 17.5. The predicted molar refractivity (Wildman–Crippen MR) is 111 cm³/mol. The lowest BCUT2D eigenvalue weighted by molar-refractivity contribution is 0.0963. The second-order valence-corrected chi connectivity index (χ2v) is 8.50. The van der Waals surface area contributed by atoms with Crippen molar-refractivity contribution in [2.75, 3.05) is 27.2 Å². The van der Waals surface area contributed by atoms with Crippen LogP contribution in [0.3, 0.4) is 0 Å². The summed E-state index contributed by atoms with van der Waals surface area (Å²) in [6.07, 6.45) is 5.08.